The van der Waals surface area contributed by atoms with Crippen LogP contribution >= 0.6 is 0 Å². The lowest BCUT2D eigenvalue weighted by atomic mass is 10.2. The SMILES string of the molecule is Nc1cc(-c2cncn2CC(F)(F)F)ccn1. The van der Waals surface area contributed by atoms with Gasteiger partial charge in [-0.2, -0.15) is 13.2 Å². The first-order valence-electron chi connectivity index (χ1n) is 4.74. The average molecular weight is 242 g/mol. The summed E-state index contributed by atoms with van der Waals surface area (Å²) in [6.45, 7) is -1.08. The Bertz CT molecular complexity index is 518. The van der Waals surface area contributed by atoms with E-state index in [1.54, 1.807) is 6.07 Å². The fraction of sp³-hybridized carbons (Fsp3) is 0.200. The van der Waals surface area contributed by atoms with Crippen LogP contribution in [0.5, 0.6) is 0 Å². The van der Waals surface area contributed by atoms with Crippen LogP contribution in [0.15, 0.2) is 30.9 Å². The summed E-state index contributed by atoms with van der Waals surface area (Å²) >= 11 is 0. The summed E-state index contributed by atoms with van der Waals surface area (Å²) in [5.41, 5.74) is 6.39. The second kappa shape index (κ2) is 4.08. The number of imidazole rings is 1. The van der Waals surface area contributed by atoms with Gasteiger partial charge in [0.05, 0.1) is 18.2 Å². The van der Waals surface area contributed by atoms with E-state index in [1.165, 1.54) is 18.5 Å². The van der Waals surface area contributed by atoms with Crippen molar-refractivity contribution >= 4 is 5.82 Å². The van der Waals surface area contributed by atoms with E-state index in [1.807, 2.05) is 0 Å². The normalized spacial score (nSPS) is 11.7. The van der Waals surface area contributed by atoms with Crippen LogP contribution in [0.25, 0.3) is 11.3 Å². The van der Waals surface area contributed by atoms with Crippen LogP contribution in [0.1, 0.15) is 0 Å². The Balaban J connectivity index is 2.37. The Morgan fingerprint density at radius 2 is 2.12 bits per heavy atom. The van der Waals surface area contributed by atoms with E-state index in [0.29, 0.717) is 11.3 Å². The number of aromatic nitrogens is 3. The number of rotatable bonds is 2. The van der Waals surface area contributed by atoms with Crippen LogP contribution in [0, 0.1) is 0 Å². The predicted octanol–water partition coefficient (Wildman–Crippen LogP) is 2.09. The minimum Gasteiger partial charge on any atom is -0.384 e. The smallest absolute Gasteiger partial charge is 0.384 e. The maximum atomic E-state index is 12.3. The van der Waals surface area contributed by atoms with Crippen LogP contribution in [-0.2, 0) is 6.54 Å². The first kappa shape index (κ1) is 11.4. The molecule has 0 aromatic carbocycles. The molecule has 4 nitrogen and oxygen atoms in total. The Morgan fingerprint density at radius 3 is 2.76 bits per heavy atom. The quantitative estimate of drug-likeness (QED) is 0.877. The predicted molar refractivity (Wildman–Crippen MR) is 55.9 cm³/mol. The Kier molecular flexibility index (Phi) is 2.74. The van der Waals surface area contributed by atoms with Crippen molar-refractivity contribution in [1.82, 2.24) is 14.5 Å². The van der Waals surface area contributed by atoms with Crippen LogP contribution in [0.3, 0.4) is 0 Å². The monoisotopic (exact) mass is 242 g/mol. The number of alkyl halides is 3. The van der Waals surface area contributed by atoms with Gasteiger partial charge >= 0.3 is 6.18 Å². The first-order valence-corrected chi connectivity index (χ1v) is 4.74. The van der Waals surface area contributed by atoms with Gasteiger partial charge in [-0.25, -0.2) is 9.97 Å². The van der Waals surface area contributed by atoms with Gasteiger partial charge in [0, 0.05) is 11.8 Å². The molecule has 0 aliphatic heterocycles. The number of hydrogen-bond donors (Lipinski definition) is 1. The molecule has 7 heteroatoms. The molecule has 0 bridgehead atoms. The summed E-state index contributed by atoms with van der Waals surface area (Å²) in [6.07, 6.45) is -0.344. The topological polar surface area (TPSA) is 56.7 Å². The maximum absolute atomic E-state index is 12.3. The molecule has 90 valence electrons. The van der Waals surface area contributed by atoms with Crippen molar-refractivity contribution in [3.8, 4) is 11.3 Å². The lowest BCUT2D eigenvalue weighted by molar-refractivity contribution is -0.140. The van der Waals surface area contributed by atoms with Crippen molar-refractivity contribution in [3.63, 3.8) is 0 Å². The average Bonchev–Trinajstić information content (AvgIpc) is 2.63. The van der Waals surface area contributed by atoms with Crippen LogP contribution in [0.4, 0.5) is 19.0 Å². The zero-order valence-corrected chi connectivity index (χ0v) is 8.65. The third-order valence-electron chi connectivity index (χ3n) is 2.14. The minimum absolute atomic E-state index is 0.252. The molecule has 0 saturated heterocycles. The van der Waals surface area contributed by atoms with Crippen LogP contribution in [0.2, 0.25) is 0 Å². The van der Waals surface area contributed by atoms with Gasteiger partial charge in [-0.15, -0.1) is 0 Å². The first-order chi connectivity index (χ1) is 7.96. The van der Waals surface area contributed by atoms with Gasteiger partial charge in [0.25, 0.3) is 0 Å². The van der Waals surface area contributed by atoms with Crippen LogP contribution in [-0.4, -0.2) is 20.7 Å². The molecular weight excluding hydrogens is 233 g/mol. The molecule has 2 heterocycles. The van der Waals surface area contributed by atoms with Crippen molar-refractivity contribution < 1.29 is 13.2 Å². The highest BCUT2D eigenvalue weighted by Crippen LogP contribution is 2.24. The summed E-state index contributed by atoms with van der Waals surface area (Å²) in [6, 6.07) is 3.09. The molecule has 2 N–H and O–H groups in total. The van der Waals surface area contributed by atoms with E-state index >= 15 is 0 Å². The second-order valence-corrected chi connectivity index (χ2v) is 3.49. The third kappa shape index (κ3) is 2.74. The number of nitrogens with zero attached hydrogens (tertiary/aromatic N) is 3. The summed E-state index contributed by atoms with van der Waals surface area (Å²) in [5.74, 6) is 0.252. The standard InChI is InChI=1S/C10H9F3N4/c11-10(12,13)5-17-6-15-4-8(17)7-1-2-16-9(14)3-7/h1-4,6H,5H2,(H2,14,16). The van der Waals surface area contributed by atoms with Crippen molar-refractivity contribution in [2.24, 2.45) is 0 Å². The zero-order chi connectivity index (χ0) is 12.5. The molecule has 0 aliphatic carbocycles. The van der Waals surface area contributed by atoms with E-state index in [9.17, 15) is 13.2 Å². The Morgan fingerprint density at radius 1 is 1.35 bits per heavy atom. The fourth-order valence-electron chi connectivity index (χ4n) is 1.49. The van der Waals surface area contributed by atoms with Crippen molar-refractivity contribution in [3.05, 3.63) is 30.9 Å². The van der Waals surface area contributed by atoms with Gasteiger partial charge in [-0.05, 0) is 12.1 Å². The lowest BCUT2D eigenvalue weighted by Crippen LogP contribution is -2.17. The molecule has 17 heavy (non-hydrogen) atoms. The molecule has 0 fully saturated rings. The molecule has 0 saturated carbocycles. The third-order valence-corrected chi connectivity index (χ3v) is 2.14. The highest BCUT2D eigenvalue weighted by atomic mass is 19.4. The van der Waals surface area contributed by atoms with Crippen LogP contribution < -0.4 is 5.73 Å². The van der Waals surface area contributed by atoms with Gasteiger partial charge in [0.2, 0.25) is 0 Å². The molecule has 0 atom stereocenters. The molecule has 2 rings (SSSR count). The van der Waals surface area contributed by atoms with Crippen molar-refractivity contribution in [2.45, 2.75) is 12.7 Å². The van der Waals surface area contributed by atoms with E-state index in [4.69, 9.17) is 5.73 Å². The number of anilines is 1. The number of nitrogens with two attached hydrogens (primary N) is 1. The minimum atomic E-state index is -4.28. The van der Waals surface area contributed by atoms with Gasteiger partial charge in [0.1, 0.15) is 12.4 Å². The van der Waals surface area contributed by atoms with E-state index < -0.39 is 12.7 Å². The van der Waals surface area contributed by atoms with Gasteiger partial charge < -0.3 is 10.3 Å². The number of nitrogen functional groups attached to an aromatic ring is 1. The summed E-state index contributed by atoms with van der Waals surface area (Å²) < 4.78 is 37.9. The molecule has 0 spiro atoms. The molecule has 2 aromatic rings. The maximum Gasteiger partial charge on any atom is 0.406 e. The molecular formula is C10H9F3N4. The molecule has 0 amide bonds. The largest absolute Gasteiger partial charge is 0.406 e. The van der Waals surface area contributed by atoms with Gasteiger partial charge in [-0.1, -0.05) is 0 Å². The highest BCUT2D eigenvalue weighted by Gasteiger charge is 2.28. The van der Waals surface area contributed by atoms with Gasteiger partial charge in [0.15, 0.2) is 0 Å². The Hall–Kier alpha value is -2.05. The van der Waals surface area contributed by atoms with E-state index in [2.05, 4.69) is 9.97 Å². The van der Waals surface area contributed by atoms with Gasteiger partial charge in [-0.3, -0.25) is 0 Å². The highest BCUT2D eigenvalue weighted by molar-refractivity contribution is 5.61. The zero-order valence-electron chi connectivity index (χ0n) is 8.65. The summed E-state index contributed by atoms with van der Waals surface area (Å²) in [7, 11) is 0. The van der Waals surface area contributed by atoms with E-state index in [-0.39, 0.29) is 5.82 Å². The molecule has 0 radical (unpaired) electrons. The van der Waals surface area contributed by atoms with E-state index in [0.717, 1.165) is 10.9 Å². The number of hydrogen-bond acceptors (Lipinski definition) is 3. The lowest BCUT2D eigenvalue weighted by Gasteiger charge is -2.10. The number of pyridine rings is 1. The molecule has 0 aliphatic rings. The summed E-state index contributed by atoms with van der Waals surface area (Å²) in [4.78, 5) is 7.49. The summed E-state index contributed by atoms with van der Waals surface area (Å²) in [5, 5.41) is 0. The second-order valence-electron chi connectivity index (χ2n) is 3.49. The van der Waals surface area contributed by atoms with Crippen molar-refractivity contribution in [2.75, 3.05) is 5.73 Å². The Labute approximate surface area is 94.9 Å². The molecule has 0 unspecified atom stereocenters. The molecule has 2 aromatic heterocycles. The number of halogens is 3. The van der Waals surface area contributed by atoms with Crippen molar-refractivity contribution in [1.29, 1.82) is 0 Å². The fourth-order valence-corrected chi connectivity index (χ4v) is 1.49.